The van der Waals surface area contributed by atoms with Gasteiger partial charge < -0.3 is 15.2 Å². The molecule has 2 N–H and O–H groups in total. The molecule has 0 radical (unpaired) electrons. The maximum Gasteiger partial charge on any atom is 0.394 e. The van der Waals surface area contributed by atoms with E-state index in [1.54, 1.807) is 13.0 Å². The zero-order valence-corrected chi connectivity index (χ0v) is 9.46. The standard InChI is InChI=1S/C10H10ClNO4/c1-5-3-8(16-2)6(11)4-7(5)12-9(13)10(14)15/h3-4H,1-2H3,(H,12,13)(H,14,15). The monoisotopic (exact) mass is 243 g/mol. The van der Waals surface area contributed by atoms with Gasteiger partial charge in [0.15, 0.2) is 0 Å². The number of hydrogen-bond donors (Lipinski definition) is 2. The molecule has 1 aromatic carbocycles. The molecule has 6 heteroatoms. The molecule has 1 rings (SSSR count). The molecule has 16 heavy (non-hydrogen) atoms. The summed E-state index contributed by atoms with van der Waals surface area (Å²) in [6.07, 6.45) is 0. The van der Waals surface area contributed by atoms with Gasteiger partial charge >= 0.3 is 11.9 Å². The van der Waals surface area contributed by atoms with Crippen molar-refractivity contribution in [2.75, 3.05) is 12.4 Å². The van der Waals surface area contributed by atoms with E-state index >= 15 is 0 Å². The van der Waals surface area contributed by atoms with E-state index in [1.165, 1.54) is 13.2 Å². The number of anilines is 1. The smallest absolute Gasteiger partial charge is 0.394 e. The van der Waals surface area contributed by atoms with Crippen LogP contribution < -0.4 is 10.1 Å². The molecule has 0 aromatic heterocycles. The van der Waals surface area contributed by atoms with E-state index in [0.29, 0.717) is 22.0 Å². The van der Waals surface area contributed by atoms with Gasteiger partial charge in [0.1, 0.15) is 5.75 Å². The van der Waals surface area contributed by atoms with Gasteiger partial charge in [-0.25, -0.2) is 4.79 Å². The third-order valence-electron chi connectivity index (χ3n) is 1.94. The lowest BCUT2D eigenvalue weighted by molar-refractivity contribution is -0.147. The van der Waals surface area contributed by atoms with Gasteiger partial charge in [-0.05, 0) is 24.6 Å². The van der Waals surface area contributed by atoms with Crippen LogP contribution in [0.2, 0.25) is 5.02 Å². The highest BCUT2D eigenvalue weighted by Gasteiger charge is 2.14. The lowest BCUT2D eigenvalue weighted by Gasteiger charge is -2.10. The number of carbonyl (C=O) groups excluding carboxylic acids is 1. The Bertz CT molecular complexity index is 445. The third kappa shape index (κ3) is 2.64. The highest BCUT2D eigenvalue weighted by atomic mass is 35.5. The predicted octanol–water partition coefficient (Wildman–Crippen LogP) is 1.68. The van der Waals surface area contributed by atoms with Crippen molar-refractivity contribution in [3.8, 4) is 5.75 Å². The Hall–Kier alpha value is -1.75. The predicted molar refractivity (Wildman–Crippen MR) is 59.0 cm³/mol. The average Bonchev–Trinajstić information content (AvgIpc) is 2.22. The summed E-state index contributed by atoms with van der Waals surface area (Å²) in [6.45, 7) is 1.70. The summed E-state index contributed by atoms with van der Waals surface area (Å²) in [6, 6.07) is 3.05. The van der Waals surface area contributed by atoms with Crippen molar-refractivity contribution in [3.63, 3.8) is 0 Å². The molecule has 1 aromatic rings. The van der Waals surface area contributed by atoms with Crippen molar-refractivity contribution in [1.29, 1.82) is 0 Å². The van der Waals surface area contributed by atoms with Crippen molar-refractivity contribution in [2.45, 2.75) is 6.92 Å². The number of aliphatic carboxylic acids is 1. The van der Waals surface area contributed by atoms with Gasteiger partial charge in [-0.1, -0.05) is 11.6 Å². The zero-order valence-electron chi connectivity index (χ0n) is 8.70. The van der Waals surface area contributed by atoms with Crippen LogP contribution in [0.4, 0.5) is 5.69 Å². The maximum absolute atomic E-state index is 10.9. The minimum Gasteiger partial charge on any atom is -0.495 e. The second-order valence-electron chi connectivity index (χ2n) is 3.06. The molecular formula is C10H10ClNO4. The second-order valence-corrected chi connectivity index (χ2v) is 3.47. The Kier molecular flexibility index (Phi) is 3.73. The van der Waals surface area contributed by atoms with Gasteiger partial charge in [0.2, 0.25) is 0 Å². The molecular weight excluding hydrogens is 234 g/mol. The van der Waals surface area contributed by atoms with E-state index in [4.69, 9.17) is 21.4 Å². The lowest BCUT2D eigenvalue weighted by atomic mass is 10.2. The fourth-order valence-corrected chi connectivity index (χ4v) is 1.36. The Balaban J connectivity index is 3.02. The Morgan fingerprint density at radius 3 is 2.56 bits per heavy atom. The summed E-state index contributed by atoms with van der Waals surface area (Å²) in [5.74, 6) is -2.19. The molecule has 0 atom stereocenters. The van der Waals surface area contributed by atoms with Gasteiger partial charge in [-0.15, -0.1) is 0 Å². The van der Waals surface area contributed by atoms with Crippen molar-refractivity contribution < 1.29 is 19.4 Å². The summed E-state index contributed by atoms with van der Waals surface area (Å²) >= 11 is 5.84. The van der Waals surface area contributed by atoms with Gasteiger partial charge in [0.05, 0.1) is 12.1 Å². The minimum atomic E-state index is -1.55. The normalized spacial score (nSPS) is 9.69. The van der Waals surface area contributed by atoms with Crippen molar-refractivity contribution in [3.05, 3.63) is 22.7 Å². The molecule has 0 heterocycles. The molecule has 0 saturated heterocycles. The number of carbonyl (C=O) groups is 2. The van der Waals surface area contributed by atoms with Gasteiger partial charge in [0.25, 0.3) is 0 Å². The molecule has 0 saturated carbocycles. The van der Waals surface area contributed by atoms with Crippen LogP contribution in [0.1, 0.15) is 5.56 Å². The maximum atomic E-state index is 10.9. The first kappa shape index (κ1) is 12.3. The fraction of sp³-hybridized carbons (Fsp3) is 0.200. The summed E-state index contributed by atoms with van der Waals surface area (Å²) in [5, 5.41) is 11.0. The summed E-state index contributed by atoms with van der Waals surface area (Å²) < 4.78 is 4.97. The van der Waals surface area contributed by atoms with Crippen LogP contribution in [0, 0.1) is 6.92 Å². The van der Waals surface area contributed by atoms with Crippen LogP contribution in [0.15, 0.2) is 12.1 Å². The highest BCUT2D eigenvalue weighted by Crippen LogP contribution is 2.30. The number of ether oxygens (including phenoxy) is 1. The number of benzene rings is 1. The second kappa shape index (κ2) is 4.85. The van der Waals surface area contributed by atoms with Crippen LogP contribution in [-0.4, -0.2) is 24.1 Å². The van der Waals surface area contributed by atoms with Crippen molar-refractivity contribution in [1.82, 2.24) is 0 Å². The average molecular weight is 244 g/mol. The quantitative estimate of drug-likeness (QED) is 0.775. The molecule has 0 aliphatic carbocycles. The molecule has 0 bridgehead atoms. The number of carboxylic acids is 1. The number of nitrogens with one attached hydrogen (secondary N) is 1. The number of carboxylic acid groups (broad SMARTS) is 1. The SMILES string of the molecule is COc1cc(C)c(NC(=O)C(=O)O)cc1Cl. The first-order chi connectivity index (χ1) is 7.45. The van der Waals surface area contributed by atoms with E-state index in [2.05, 4.69) is 5.32 Å². The molecule has 5 nitrogen and oxygen atoms in total. The zero-order chi connectivity index (χ0) is 12.3. The van der Waals surface area contributed by atoms with E-state index in [9.17, 15) is 9.59 Å². The first-order valence-corrected chi connectivity index (χ1v) is 4.72. The van der Waals surface area contributed by atoms with Crippen LogP contribution in [0.5, 0.6) is 5.75 Å². The molecule has 1 amide bonds. The number of rotatable bonds is 2. The van der Waals surface area contributed by atoms with Crippen LogP contribution in [-0.2, 0) is 9.59 Å². The van der Waals surface area contributed by atoms with Crippen molar-refractivity contribution in [2.24, 2.45) is 0 Å². The Labute approximate surface area is 97.0 Å². The van der Waals surface area contributed by atoms with Gasteiger partial charge in [-0.3, -0.25) is 4.79 Å². The Morgan fingerprint density at radius 1 is 1.44 bits per heavy atom. The third-order valence-corrected chi connectivity index (χ3v) is 2.24. The summed E-state index contributed by atoms with van der Waals surface area (Å²) in [5.41, 5.74) is 1.01. The van der Waals surface area contributed by atoms with E-state index < -0.39 is 11.9 Å². The molecule has 0 unspecified atom stereocenters. The largest absolute Gasteiger partial charge is 0.495 e. The minimum absolute atomic E-state index is 0.300. The Morgan fingerprint density at radius 2 is 2.06 bits per heavy atom. The number of methoxy groups -OCH3 is 1. The number of halogens is 1. The van der Waals surface area contributed by atoms with Crippen molar-refractivity contribution >= 4 is 29.2 Å². The van der Waals surface area contributed by atoms with Crippen LogP contribution in [0.25, 0.3) is 0 Å². The number of hydrogen-bond acceptors (Lipinski definition) is 3. The highest BCUT2D eigenvalue weighted by molar-refractivity contribution is 6.37. The molecule has 0 spiro atoms. The van der Waals surface area contributed by atoms with Gasteiger partial charge in [-0.2, -0.15) is 0 Å². The van der Waals surface area contributed by atoms with Crippen LogP contribution in [0.3, 0.4) is 0 Å². The van der Waals surface area contributed by atoms with Gasteiger partial charge in [0, 0.05) is 5.69 Å². The summed E-state index contributed by atoms with van der Waals surface area (Å²) in [4.78, 5) is 21.3. The number of aryl methyl sites for hydroxylation is 1. The van der Waals surface area contributed by atoms with E-state index in [1.807, 2.05) is 0 Å². The lowest BCUT2D eigenvalue weighted by Crippen LogP contribution is -2.22. The fourth-order valence-electron chi connectivity index (χ4n) is 1.12. The number of amides is 1. The molecule has 86 valence electrons. The topological polar surface area (TPSA) is 75.6 Å². The summed E-state index contributed by atoms with van der Waals surface area (Å²) in [7, 11) is 1.47. The first-order valence-electron chi connectivity index (χ1n) is 4.34. The molecule has 0 aliphatic heterocycles. The molecule has 0 aliphatic rings. The van der Waals surface area contributed by atoms with E-state index in [-0.39, 0.29) is 0 Å². The molecule has 0 fully saturated rings. The van der Waals surface area contributed by atoms with Crippen LogP contribution >= 0.6 is 11.6 Å². The van der Waals surface area contributed by atoms with E-state index in [0.717, 1.165) is 0 Å².